The van der Waals surface area contributed by atoms with E-state index in [2.05, 4.69) is 15.0 Å². The highest BCUT2D eigenvalue weighted by Crippen LogP contribution is 2.32. The molecule has 144 valence electrons. The molecule has 0 bridgehead atoms. The first-order valence-electron chi connectivity index (χ1n) is 9.35. The molecule has 4 rings (SSSR count). The Morgan fingerprint density at radius 2 is 2.04 bits per heavy atom. The van der Waals surface area contributed by atoms with E-state index in [1.165, 1.54) is 6.20 Å². The molecule has 1 amide bonds. The number of carbonyl (C=O) groups excluding carboxylic acids is 1. The van der Waals surface area contributed by atoms with Crippen LogP contribution in [0.25, 0.3) is 11.3 Å². The number of hydrogen-bond donors (Lipinski definition) is 1. The molecule has 4 heterocycles. The molecule has 0 radical (unpaired) electrons. The average Bonchev–Trinajstić information content (AvgIpc) is 2.94. The van der Waals surface area contributed by atoms with E-state index in [9.17, 15) is 9.18 Å². The minimum Gasteiger partial charge on any atom is -0.484 e. The maximum atomic E-state index is 14.2. The van der Waals surface area contributed by atoms with Crippen LogP contribution in [0.1, 0.15) is 30.3 Å². The number of hydrogen-bond acceptors (Lipinski definition) is 5. The van der Waals surface area contributed by atoms with Crippen molar-refractivity contribution in [3.05, 3.63) is 29.5 Å². The van der Waals surface area contributed by atoms with Gasteiger partial charge in [-0.05, 0) is 39.8 Å². The van der Waals surface area contributed by atoms with Crippen molar-refractivity contribution in [2.24, 2.45) is 0 Å². The van der Waals surface area contributed by atoms with Gasteiger partial charge in [0.15, 0.2) is 11.6 Å². The summed E-state index contributed by atoms with van der Waals surface area (Å²) in [6.07, 6.45) is 3.88. The molecule has 0 saturated carbocycles. The number of nitrogens with zero attached hydrogens (tertiary/aromatic N) is 4. The van der Waals surface area contributed by atoms with Crippen molar-refractivity contribution in [1.29, 1.82) is 0 Å². The summed E-state index contributed by atoms with van der Waals surface area (Å²) in [6.45, 7) is 6.93. The van der Waals surface area contributed by atoms with Crippen LogP contribution in [-0.2, 0) is 4.79 Å². The van der Waals surface area contributed by atoms with Crippen molar-refractivity contribution in [2.45, 2.75) is 38.8 Å². The summed E-state index contributed by atoms with van der Waals surface area (Å²) in [5, 5.41) is 8.11. The fourth-order valence-electron chi connectivity index (χ4n) is 3.90. The monoisotopic (exact) mass is 373 g/mol. The van der Waals surface area contributed by atoms with Crippen LogP contribution in [0, 0.1) is 19.7 Å². The molecule has 0 aromatic carbocycles. The van der Waals surface area contributed by atoms with E-state index in [0.29, 0.717) is 24.8 Å². The first kappa shape index (κ1) is 17.9. The van der Waals surface area contributed by atoms with Crippen LogP contribution in [0.5, 0.6) is 5.75 Å². The number of halogens is 1. The SMILES string of the molecule is Cc1nn(C2CCNCC2)c(C)c1-c1cc(OC2CN(C=O)C2)c(F)cn1. The summed E-state index contributed by atoms with van der Waals surface area (Å²) < 4.78 is 22.0. The molecular formula is C19H24FN5O2. The summed E-state index contributed by atoms with van der Waals surface area (Å²) in [7, 11) is 0. The van der Waals surface area contributed by atoms with Crippen molar-refractivity contribution >= 4 is 6.41 Å². The molecule has 0 spiro atoms. The Bertz CT molecular complexity index is 841. The zero-order valence-corrected chi connectivity index (χ0v) is 15.6. The van der Waals surface area contributed by atoms with Gasteiger partial charge < -0.3 is 15.0 Å². The third-order valence-electron chi connectivity index (χ3n) is 5.37. The molecule has 0 unspecified atom stereocenters. The van der Waals surface area contributed by atoms with Gasteiger partial charge in [0, 0.05) is 17.3 Å². The molecule has 0 aliphatic carbocycles. The Morgan fingerprint density at radius 3 is 2.74 bits per heavy atom. The molecule has 0 atom stereocenters. The first-order valence-corrected chi connectivity index (χ1v) is 9.35. The Kier molecular flexibility index (Phi) is 4.82. The molecule has 2 aromatic rings. The second-order valence-corrected chi connectivity index (χ2v) is 7.27. The zero-order valence-electron chi connectivity index (χ0n) is 15.6. The largest absolute Gasteiger partial charge is 0.484 e. The maximum Gasteiger partial charge on any atom is 0.209 e. The van der Waals surface area contributed by atoms with E-state index < -0.39 is 5.82 Å². The van der Waals surface area contributed by atoms with Gasteiger partial charge in [0.05, 0.1) is 36.7 Å². The predicted octanol–water partition coefficient (Wildman–Crippen LogP) is 1.84. The second kappa shape index (κ2) is 7.26. The lowest BCUT2D eigenvalue weighted by Crippen LogP contribution is -2.52. The summed E-state index contributed by atoms with van der Waals surface area (Å²) in [5.74, 6) is -0.326. The number of rotatable bonds is 5. The molecule has 2 saturated heterocycles. The van der Waals surface area contributed by atoms with Gasteiger partial charge in [-0.15, -0.1) is 0 Å². The lowest BCUT2D eigenvalue weighted by molar-refractivity contribution is -0.126. The molecule has 2 aliphatic heterocycles. The maximum absolute atomic E-state index is 14.2. The van der Waals surface area contributed by atoms with E-state index in [-0.39, 0.29) is 11.9 Å². The van der Waals surface area contributed by atoms with Crippen molar-refractivity contribution < 1.29 is 13.9 Å². The van der Waals surface area contributed by atoms with Crippen LogP contribution in [0.2, 0.25) is 0 Å². The van der Waals surface area contributed by atoms with E-state index >= 15 is 0 Å². The van der Waals surface area contributed by atoms with Crippen LogP contribution >= 0.6 is 0 Å². The standard InChI is InChI=1S/C19H24FN5O2/c1-12-19(13(2)25(23-12)14-3-5-21-6-4-14)17-7-18(16(20)8-22-17)27-15-9-24(10-15)11-26/h7-8,11,14-15,21H,3-6,9-10H2,1-2H3. The quantitative estimate of drug-likeness (QED) is 0.810. The van der Waals surface area contributed by atoms with Crippen LogP contribution in [0.3, 0.4) is 0 Å². The molecule has 1 N–H and O–H groups in total. The number of nitrogens with one attached hydrogen (secondary N) is 1. The normalized spacial score (nSPS) is 18.4. The fourth-order valence-corrected chi connectivity index (χ4v) is 3.90. The van der Waals surface area contributed by atoms with Gasteiger partial charge >= 0.3 is 0 Å². The lowest BCUT2D eigenvalue weighted by Gasteiger charge is -2.36. The zero-order chi connectivity index (χ0) is 19.0. The van der Waals surface area contributed by atoms with Gasteiger partial charge in [-0.2, -0.15) is 5.10 Å². The highest BCUT2D eigenvalue weighted by molar-refractivity contribution is 5.66. The Morgan fingerprint density at radius 1 is 1.30 bits per heavy atom. The van der Waals surface area contributed by atoms with E-state index in [0.717, 1.165) is 49.3 Å². The van der Waals surface area contributed by atoms with Crippen molar-refractivity contribution in [1.82, 2.24) is 25.0 Å². The number of piperidine rings is 1. The predicted molar refractivity (Wildman–Crippen MR) is 98.1 cm³/mol. The fraction of sp³-hybridized carbons (Fsp3) is 0.526. The number of aromatic nitrogens is 3. The summed E-state index contributed by atoms with van der Waals surface area (Å²) >= 11 is 0. The number of carbonyl (C=O) groups is 1. The van der Waals surface area contributed by atoms with Gasteiger partial charge in [-0.3, -0.25) is 14.5 Å². The van der Waals surface area contributed by atoms with Crippen LogP contribution in [0.4, 0.5) is 4.39 Å². The first-order chi connectivity index (χ1) is 13.1. The van der Waals surface area contributed by atoms with Gasteiger partial charge in [-0.25, -0.2) is 4.39 Å². The van der Waals surface area contributed by atoms with Crippen molar-refractivity contribution in [2.75, 3.05) is 26.2 Å². The molecule has 8 heteroatoms. The highest BCUT2D eigenvalue weighted by atomic mass is 19.1. The second-order valence-electron chi connectivity index (χ2n) is 7.27. The third kappa shape index (κ3) is 3.41. The summed E-state index contributed by atoms with van der Waals surface area (Å²) in [4.78, 5) is 16.5. The van der Waals surface area contributed by atoms with Gasteiger partial charge in [-0.1, -0.05) is 0 Å². The van der Waals surface area contributed by atoms with Crippen molar-refractivity contribution in [3.63, 3.8) is 0 Å². The molecule has 2 aliphatic rings. The minimum absolute atomic E-state index is 0.170. The van der Waals surface area contributed by atoms with Gasteiger partial charge in [0.25, 0.3) is 0 Å². The summed E-state index contributed by atoms with van der Waals surface area (Å²) in [5.41, 5.74) is 3.52. The number of likely N-dealkylation sites (tertiary alicyclic amines) is 1. The van der Waals surface area contributed by atoms with Crippen molar-refractivity contribution in [3.8, 4) is 17.0 Å². The van der Waals surface area contributed by atoms with E-state index in [1.807, 2.05) is 13.8 Å². The number of ether oxygens (including phenoxy) is 1. The van der Waals surface area contributed by atoms with Crippen LogP contribution < -0.4 is 10.1 Å². The van der Waals surface area contributed by atoms with Gasteiger partial charge in [0.2, 0.25) is 6.41 Å². The molecule has 7 nitrogen and oxygen atoms in total. The number of pyridine rings is 1. The lowest BCUT2D eigenvalue weighted by atomic mass is 10.1. The Labute approximate surface area is 157 Å². The minimum atomic E-state index is -0.496. The molecule has 27 heavy (non-hydrogen) atoms. The molecule has 2 fully saturated rings. The number of aryl methyl sites for hydroxylation is 1. The molecule has 2 aromatic heterocycles. The third-order valence-corrected chi connectivity index (χ3v) is 5.37. The van der Waals surface area contributed by atoms with Gasteiger partial charge in [0.1, 0.15) is 6.10 Å². The summed E-state index contributed by atoms with van der Waals surface area (Å²) in [6, 6.07) is 2.02. The Balaban J connectivity index is 1.60. The van der Waals surface area contributed by atoms with Crippen LogP contribution in [0.15, 0.2) is 12.3 Å². The Hall–Kier alpha value is -2.48. The van der Waals surface area contributed by atoms with Crippen LogP contribution in [-0.4, -0.2) is 58.4 Å². The highest BCUT2D eigenvalue weighted by Gasteiger charge is 2.28. The number of amides is 1. The smallest absolute Gasteiger partial charge is 0.209 e. The topological polar surface area (TPSA) is 72.3 Å². The average molecular weight is 373 g/mol. The van der Waals surface area contributed by atoms with E-state index in [4.69, 9.17) is 9.84 Å². The van der Waals surface area contributed by atoms with E-state index in [1.54, 1.807) is 11.0 Å². The molecular weight excluding hydrogens is 349 g/mol.